The average molecular weight is 251 g/mol. The predicted molar refractivity (Wildman–Crippen MR) is 58.5 cm³/mol. The maximum atomic E-state index is 4.47. The van der Waals surface area contributed by atoms with Crippen LogP contribution in [0.15, 0.2) is 36.4 Å². The van der Waals surface area contributed by atoms with Crippen LogP contribution < -0.4 is 0 Å². The molecule has 3 aromatic rings. The van der Waals surface area contributed by atoms with E-state index >= 15 is 0 Å². The first-order chi connectivity index (χ1) is 6.45. The van der Waals surface area contributed by atoms with Crippen molar-refractivity contribution < 1.29 is 0 Å². The van der Waals surface area contributed by atoms with E-state index in [2.05, 4.69) is 40.4 Å². The SMILES string of the molecule is c1ccc2c(c1)ccc1n[se][s+]c12. The van der Waals surface area contributed by atoms with Crippen LogP contribution in [0, 0.1) is 0 Å². The molecule has 1 heterocycles. The molecule has 3 rings (SSSR count). The van der Waals surface area contributed by atoms with Gasteiger partial charge in [0.1, 0.15) is 0 Å². The van der Waals surface area contributed by atoms with E-state index in [1.54, 1.807) is 0 Å². The fraction of sp³-hybridized carbons (Fsp3) is 0. The van der Waals surface area contributed by atoms with Gasteiger partial charge >= 0.3 is 84.7 Å². The fourth-order valence-corrected chi connectivity index (χ4v) is 4.92. The normalized spacial score (nSPS) is 11.1. The van der Waals surface area contributed by atoms with Gasteiger partial charge in [-0.15, -0.1) is 0 Å². The predicted octanol–water partition coefficient (Wildman–Crippen LogP) is 2.79. The Morgan fingerprint density at radius 1 is 1.08 bits per heavy atom. The van der Waals surface area contributed by atoms with Crippen molar-refractivity contribution in [2.24, 2.45) is 0 Å². The Labute approximate surface area is 84.7 Å². The summed E-state index contributed by atoms with van der Waals surface area (Å²) in [5.74, 6) is 0. The molecule has 0 aliphatic carbocycles. The molecule has 0 aliphatic rings. The summed E-state index contributed by atoms with van der Waals surface area (Å²) in [6, 6.07) is 12.8. The molecule has 0 aliphatic heterocycles. The average Bonchev–Trinajstić information content (AvgIpc) is 2.65. The molecular formula is C10H6NSSe+. The van der Waals surface area contributed by atoms with Gasteiger partial charge in [0, 0.05) is 0 Å². The van der Waals surface area contributed by atoms with Gasteiger partial charge in [0.15, 0.2) is 0 Å². The van der Waals surface area contributed by atoms with E-state index in [0.29, 0.717) is 13.6 Å². The number of hydrogen-bond donors (Lipinski definition) is 0. The Balaban J connectivity index is 2.65. The van der Waals surface area contributed by atoms with Gasteiger partial charge in [0.05, 0.1) is 0 Å². The van der Waals surface area contributed by atoms with Crippen molar-refractivity contribution >= 4 is 44.3 Å². The third-order valence-corrected chi connectivity index (χ3v) is 5.26. The van der Waals surface area contributed by atoms with Crippen molar-refractivity contribution in [3.63, 3.8) is 0 Å². The number of aromatic nitrogens is 1. The van der Waals surface area contributed by atoms with Gasteiger partial charge in [0.25, 0.3) is 0 Å². The number of hydrogen-bond acceptors (Lipinski definition) is 1. The second-order valence-corrected chi connectivity index (χ2v) is 5.98. The molecule has 62 valence electrons. The molecule has 0 radical (unpaired) electrons. The van der Waals surface area contributed by atoms with E-state index in [1.807, 2.05) is 9.72 Å². The summed E-state index contributed by atoms with van der Waals surface area (Å²) in [4.78, 5) is 0. The second-order valence-electron chi connectivity index (χ2n) is 2.88. The molecule has 0 bridgehead atoms. The van der Waals surface area contributed by atoms with Crippen LogP contribution in [0.5, 0.6) is 0 Å². The monoisotopic (exact) mass is 252 g/mol. The third kappa shape index (κ3) is 1.12. The van der Waals surface area contributed by atoms with Gasteiger partial charge in [-0.2, -0.15) is 0 Å². The van der Waals surface area contributed by atoms with Gasteiger partial charge in [0.2, 0.25) is 0 Å². The van der Waals surface area contributed by atoms with Crippen molar-refractivity contribution in [2.45, 2.75) is 0 Å². The number of benzene rings is 2. The van der Waals surface area contributed by atoms with Crippen molar-refractivity contribution in [3.05, 3.63) is 36.4 Å². The van der Waals surface area contributed by atoms with Crippen LogP contribution in [-0.2, 0) is 0 Å². The minimum atomic E-state index is 0.368. The minimum absolute atomic E-state index is 0.368. The van der Waals surface area contributed by atoms with Gasteiger partial charge in [-0.3, -0.25) is 0 Å². The summed E-state index contributed by atoms with van der Waals surface area (Å²) in [6.45, 7) is 0. The van der Waals surface area contributed by atoms with Gasteiger partial charge < -0.3 is 0 Å². The molecular weight excluding hydrogens is 245 g/mol. The number of rotatable bonds is 0. The molecule has 1 nitrogen and oxygen atoms in total. The summed E-state index contributed by atoms with van der Waals surface area (Å²) in [5.41, 5.74) is 1.18. The Bertz CT molecular complexity index is 573. The first kappa shape index (κ1) is 7.63. The Kier molecular flexibility index (Phi) is 1.69. The molecule has 0 saturated carbocycles. The van der Waals surface area contributed by atoms with E-state index in [4.69, 9.17) is 0 Å². The quantitative estimate of drug-likeness (QED) is 0.442. The topological polar surface area (TPSA) is 12.9 Å². The first-order valence-electron chi connectivity index (χ1n) is 4.02. The van der Waals surface area contributed by atoms with Gasteiger partial charge in [-0.1, -0.05) is 0 Å². The molecule has 13 heavy (non-hydrogen) atoms. The Morgan fingerprint density at radius 2 is 2.00 bits per heavy atom. The van der Waals surface area contributed by atoms with E-state index in [0.717, 1.165) is 0 Å². The Morgan fingerprint density at radius 3 is 3.00 bits per heavy atom. The van der Waals surface area contributed by atoms with E-state index in [9.17, 15) is 0 Å². The van der Waals surface area contributed by atoms with Gasteiger partial charge in [-0.25, -0.2) is 0 Å². The van der Waals surface area contributed by atoms with Crippen LogP contribution in [0.3, 0.4) is 0 Å². The summed E-state index contributed by atoms with van der Waals surface area (Å²) in [5, 5.41) is 2.68. The summed E-state index contributed by atoms with van der Waals surface area (Å²) in [7, 11) is 1.89. The molecule has 2 aromatic carbocycles. The molecule has 0 N–H and O–H groups in total. The van der Waals surface area contributed by atoms with Gasteiger partial charge in [-0.05, 0) is 0 Å². The zero-order valence-electron chi connectivity index (χ0n) is 6.73. The standard InChI is InChI=1S/C10H6NSSe/c1-2-4-8-7(3-1)5-6-9-10(8)12-13-11-9/h1-6H/q+1. The van der Waals surface area contributed by atoms with Crippen molar-refractivity contribution in [2.75, 3.05) is 0 Å². The van der Waals surface area contributed by atoms with Crippen LogP contribution in [0.4, 0.5) is 0 Å². The number of fused-ring (bicyclic) bond motifs is 3. The summed E-state index contributed by atoms with van der Waals surface area (Å²) in [6.07, 6.45) is 0. The van der Waals surface area contributed by atoms with E-state index in [1.165, 1.54) is 21.0 Å². The maximum absolute atomic E-state index is 4.47. The van der Waals surface area contributed by atoms with Crippen LogP contribution in [0.2, 0.25) is 0 Å². The Hall–Kier alpha value is -0.761. The molecule has 0 atom stereocenters. The van der Waals surface area contributed by atoms with Crippen molar-refractivity contribution in [1.29, 1.82) is 0 Å². The molecule has 0 saturated heterocycles. The zero-order valence-corrected chi connectivity index (χ0v) is 9.26. The van der Waals surface area contributed by atoms with Crippen LogP contribution >= 0.6 is 9.72 Å². The van der Waals surface area contributed by atoms with Crippen LogP contribution in [0.25, 0.3) is 21.0 Å². The molecule has 0 fully saturated rings. The van der Waals surface area contributed by atoms with E-state index in [-0.39, 0.29) is 0 Å². The molecule has 3 heteroatoms. The molecule has 0 amide bonds. The number of nitrogens with zero attached hydrogens (tertiary/aromatic N) is 1. The first-order valence-corrected chi connectivity index (χ1v) is 7.62. The second kappa shape index (κ2) is 2.88. The third-order valence-electron chi connectivity index (χ3n) is 2.12. The van der Waals surface area contributed by atoms with Crippen LogP contribution in [-0.4, -0.2) is 17.6 Å². The summed E-state index contributed by atoms with van der Waals surface area (Å²) < 4.78 is 5.85. The zero-order chi connectivity index (χ0) is 8.67. The molecule has 1 aromatic heterocycles. The molecule has 0 spiro atoms. The van der Waals surface area contributed by atoms with Crippen molar-refractivity contribution in [1.82, 2.24) is 3.98 Å². The van der Waals surface area contributed by atoms with E-state index < -0.39 is 0 Å². The molecule has 0 unspecified atom stereocenters. The fourth-order valence-electron chi connectivity index (χ4n) is 1.49. The van der Waals surface area contributed by atoms with Crippen LogP contribution in [0.1, 0.15) is 0 Å². The van der Waals surface area contributed by atoms with Crippen molar-refractivity contribution in [3.8, 4) is 0 Å². The summed E-state index contributed by atoms with van der Waals surface area (Å²) >= 11 is 0.368.